The summed E-state index contributed by atoms with van der Waals surface area (Å²) in [5, 5.41) is 0. The van der Waals surface area contributed by atoms with E-state index < -0.39 is 0 Å². The fraction of sp³-hybridized carbons (Fsp3) is 0.154. The molecule has 1 aromatic carbocycles. The normalized spacial score (nSPS) is 10.3. The quantitative estimate of drug-likeness (QED) is 0.593. The Kier molecular flexibility index (Phi) is 4.23. The summed E-state index contributed by atoms with van der Waals surface area (Å²) < 4.78 is 6.79. The number of aryl methyl sites for hydroxylation is 1. The molecule has 0 radical (unpaired) electrons. The molecule has 0 bridgehead atoms. The van der Waals surface area contributed by atoms with Gasteiger partial charge in [0.05, 0.1) is 3.57 Å². The molecule has 0 amide bonds. The minimum absolute atomic E-state index is 0.474. The minimum atomic E-state index is 0.474. The molecule has 0 fully saturated rings. The average molecular weight is 360 g/mol. The SMILES string of the molecule is Cc1nc(Oc2ccccc2I)ccc1CCl. The van der Waals surface area contributed by atoms with Crippen LogP contribution < -0.4 is 4.74 Å². The van der Waals surface area contributed by atoms with Gasteiger partial charge in [0.1, 0.15) is 5.75 Å². The molecule has 0 saturated heterocycles. The summed E-state index contributed by atoms with van der Waals surface area (Å²) in [6, 6.07) is 11.6. The number of ether oxygens (including phenoxy) is 1. The van der Waals surface area contributed by atoms with Crippen molar-refractivity contribution in [3.63, 3.8) is 0 Å². The third-order valence-electron chi connectivity index (χ3n) is 2.36. The van der Waals surface area contributed by atoms with Gasteiger partial charge in [-0.05, 0) is 47.2 Å². The van der Waals surface area contributed by atoms with Gasteiger partial charge in [0.25, 0.3) is 0 Å². The first-order valence-corrected chi connectivity index (χ1v) is 6.77. The molecule has 0 atom stereocenters. The van der Waals surface area contributed by atoms with Gasteiger partial charge in [0.15, 0.2) is 0 Å². The molecule has 0 saturated carbocycles. The maximum Gasteiger partial charge on any atom is 0.219 e. The Labute approximate surface area is 119 Å². The number of alkyl halides is 1. The molecule has 17 heavy (non-hydrogen) atoms. The van der Waals surface area contributed by atoms with Crippen LogP contribution in [0.1, 0.15) is 11.3 Å². The van der Waals surface area contributed by atoms with E-state index in [1.54, 1.807) is 0 Å². The highest BCUT2D eigenvalue weighted by molar-refractivity contribution is 14.1. The largest absolute Gasteiger partial charge is 0.438 e. The highest BCUT2D eigenvalue weighted by atomic mass is 127. The highest BCUT2D eigenvalue weighted by Crippen LogP contribution is 2.25. The molecule has 0 spiro atoms. The third kappa shape index (κ3) is 3.10. The van der Waals surface area contributed by atoms with Gasteiger partial charge in [0.2, 0.25) is 5.88 Å². The van der Waals surface area contributed by atoms with Crippen LogP contribution in [0.4, 0.5) is 0 Å². The van der Waals surface area contributed by atoms with Crippen LogP contribution >= 0.6 is 34.2 Å². The first-order chi connectivity index (χ1) is 8.20. The molecule has 0 N–H and O–H groups in total. The Morgan fingerprint density at radius 2 is 2.00 bits per heavy atom. The molecule has 0 unspecified atom stereocenters. The second-order valence-electron chi connectivity index (χ2n) is 3.56. The van der Waals surface area contributed by atoms with Crippen molar-refractivity contribution in [2.75, 3.05) is 0 Å². The van der Waals surface area contributed by atoms with Gasteiger partial charge < -0.3 is 4.74 Å². The van der Waals surface area contributed by atoms with Crippen molar-refractivity contribution in [2.24, 2.45) is 0 Å². The van der Waals surface area contributed by atoms with E-state index in [4.69, 9.17) is 16.3 Å². The van der Waals surface area contributed by atoms with Crippen LogP contribution in [0.25, 0.3) is 0 Å². The maximum absolute atomic E-state index is 5.79. The zero-order valence-corrected chi connectivity index (χ0v) is 12.2. The van der Waals surface area contributed by atoms with E-state index in [-0.39, 0.29) is 0 Å². The molecule has 88 valence electrons. The fourth-order valence-corrected chi connectivity index (χ4v) is 2.19. The number of halogens is 2. The Bertz CT molecular complexity index is 531. The van der Waals surface area contributed by atoms with E-state index in [2.05, 4.69) is 27.6 Å². The predicted octanol–water partition coefficient (Wildman–Crippen LogP) is 4.53. The minimum Gasteiger partial charge on any atom is -0.438 e. The van der Waals surface area contributed by atoms with E-state index in [0.29, 0.717) is 11.8 Å². The Balaban J connectivity index is 2.25. The number of para-hydroxylation sites is 1. The number of hydrogen-bond acceptors (Lipinski definition) is 2. The molecular formula is C13H11ClINO. The van der Waals surface area contributed by atoms with Crippen LogP contribution in [0.15, 0.2) is 36.4 Å². The molecule has 1 heterocycles. The maximum atomic E-state index is 5.79. The summed E-state index contributed by atoms with van der Waals surface area (Å²) in [5.74, 6) is 1.89. The smallest absolute Gasteiger partial charge is 0.219 e. The molecule has 0 aliphatic heterocycles. The summed E-state index contributed by atoms with van der Waals surface area (Å²) in [4.78, 5) is 4.37. The lowest BCUT2D eigenvalue weighted by Gasteiger charge is -2.08. The highest BCUT2D eigenvalue weighted by Gasteiger charge is 2.05. The van der Waals surface area contributed by atoms with Gasteiger partial charge in [-0.15, -0.1) is 11.6 Å². The number of benzene rings is 1. The van der Waals surface area contributed by atoms with E-state index in [0.717, 1.165) is 20.6 Å². The van der Waals surface area contributed by atoms with Gasteiger partial charge in [-0.25, -0.2) is 4.98 Å². The number of pyridine rings is 1. The Hall–Kier alpha value is -0.810. The van der Waals surface area contributed by atoms with Crippen LogP contribution in [0.5, 0.6) is 11.6 Å². The van der Waals surface area contributed by atoms with Crippen molar-refractivity contribution in [1.29, 1.82) is 0 Å². The summed E-state index contributed by atoms with van der Waals surface area (Å²) in [7, 11) is 0. The summed E-state index contributed by atoms with van der Waals surface area (Å²) in [6.45, 7) is 1.93. The number of aromatic nitrogens is 1. The van der Waals surface area contributed by atoms with E-state index in [1.807, 2.05) is 43.3 Å². The van der Waals surface area contributed by atoms with Crippen molar-refractivity contribution in [3.8, 4) is 11.6 Å². The fourth-order valence-electron chi connectivity index (χ4n) is 1.41. The standard InChI is InChI=1S/C13H11ClINO/c1-9-10(8-14)6-7-13(16-9)17-12-5-3-2-4-11(12)15/h2-7H,8H2,1H3. The molecule has 4 heteroatoms. The topological polar surface area (TPSA) is 22.1 Å². The first-order valence-electron chi connectivity index (χ1n) is 5.15. The van der Waals surface area contributed by atoms with Crippen molar-refractivity contribution in [2.45, 2.75) is 12.8 Å². The number of rotatable bonds is 3. The predicted molar refractivity (Wildman–Crippen MR) is 77.8 cm³/mol. The Morgan fingerprint density at radius 1 is 1.24 bits per heavy atom. The first kappa shape index (κ1) is 12.6. The van der Waals surface area contributed by atoms with Crippen molar-refractivity contribution >= 4 is 34.2 Å². The lowest BCUT2D eigenvalue weighted by molar-refractivity contribution is 0.458. The van der Waals surface area contributed by atoms with Crippen LogP contribution in [0.2, 0.25) is 0 Å². The molecule has 0 aliphatic rings. The van der Waals surface area contributed by atoms with Crippen LogP contribution in [-0.2, 0) is 5.88 Å². The summed E-state index contributed by atoms with van der Waals surface area (Å²) in [5.41, 5.74) is 1.94. The Morgan fingerprint density at radius 3 is 2.65 bits per heavy atom. The van der Waals surface area contributed by atoms with Gasteiger partial charge in [0, 0.05) is 17.6 Å². The molecule has 0 aliphatic carbocycles. The van der Waals surface area contributed by atoms with E-state index in [1.165, 1.54) is 0 Å². The lowest BCUT2D eigenvalue weighted by atomic mass is 10.2. The monoisotopic (exact) mass is 359 g/mol. The van der Waals surface area contributed by atoms with Gasteiger partial charge in [-0.3, -0.25) is 0 Å². The number of nitrogens with zero attached hydrogens (tertiary/aromatic N) is 1. The molecule has 2 nitrogen and oxygen atoms in total. The molecule has 1 aromatic heterocycles. The van der Waals surface area contributed by atoms with E-state index in [9.17, 15) is 0 Å². The summed E-state index contributed by atoms with van der Waals surface area (Å²) >= 11 is 8.02. The lowest BCUT2D eigenvalue weighted by Crippen LogP contribution is -1.94. The van der Waals surface area contributed by atoms with Crippen molar-refractivity contribution in [3.05, 3.63) is 51.2 Å². The molecular weight excluding hydrogens is 349 g/mol. The van der Waals surface area contributed by atoms with Gasteiger partial charge >= 0.3 is 0 Å². The zero-order chi connectivity index (χ0) is 12.3. The second-order valence-corrected chi connectivity index (χ2v) is 4.99. The summed E-state index contributed by atoms with van der Waals surface area (Å²) in [6.07, 6.45) is 0. The second kappa shape index (κ2) is 5.69. The van der Waals surface area contributed by atoms with Gasteiger partial charge in [-0.1, -0.05) is 18.2 Å². The van der Waals surface area contributed by atoms with Crippen LogP contribution in [0.3, 0.4) is 0 Å². The van der Waals surface area contributed by atoms with Crippen molar-refractivity contribution in [1.82, 2.24) is 4.98 Å². The van der Waals surface area contributed by atoms with Crippen LogP contribution in [0, 0.1) is 10.5 Å². The van der Waals surface area contributed by atoms with Crippen molar-refractivity contribution < 1.29 is 4.74 Å². The van der Waals surface area contributed by atoms with Gasteiger partial charge in [-0.2, -0.15) is 0 Å². The molecule has 2 rings (SSSR count). The van der Waals surface area contributed by atoms with Crippen LogP contribution in [-0.4, -0.2) is 4.98 Å². The number of hydrogen-bond donors (Lipinski definition) is 0. The zero-order valence-electron chi connectivity index (χ0n) is 9.28. The average Bonchev–Trinajstić information content (AvgIpc) is 2.32. The van der Waals surface area contributed by atoms with E-state index >= 15 is 0 Å². The third-order valence-corrected chi connectivity index (χ3v) is 3.54. The molecule has 2 aromatic rings.